The Morgan fingerprint density at radius 2 is 2.12 bits per heavy atom. The molecule has 9 heteroatoms. The Bertz CT molecular complexity index is 770. The molecule has 2 amide bonds. The number of hydrogen-bond donors (Lipinski definition) is 1. The van der Waals surface area contributed by atoms with E-state index in [0.717, 1.165) is 23.8 Å². The summed E-state index contributed by atoms with van der Waals surface area (Å²) in [6, 6.07) is -0.356. The van der Waals surface area contributed by atoms with E-state index in [4.69, 9.17) is 0 Å². The molecule has 1 aliphatic heterocycles. The monoisotopic (exact) mass is 362 g/mol. The van der Waals surface area contributed by atoms with Crippen LogP contribution >= 0.6 is 11.3 Å². The Hall–Kier alpha value is -2.29. The molecule has 0 radical (unpaired) electrons. The summed E-state index contributed by atoms with van der Waals surface area (Å²) in [6.45, 7) is 7.20. The van der Waals surface area contributed by atoms with Gasteiger partial charge in [0.1, 0.15) is 16.9 Å². The molecule has 25 heavy (non-hydrogen) atoms. The van der Waals surface area contributed by atoms with Crippen molar-refractivity contribution in [1.29, 1.82) is 0 Å². The summed E-state index contributed by atoms with van der Waals surface area (Å²) >= 11 is 1.36. The predicted molar refractivity (Wildman–Crippen MR) is 94.1 cm³/mol. The highest BCUT2D eigenvalue weighted by Crippen LogP contribution is 2.38. The number of carbonyl (C=O) groups is 2. The van der Waals surface area contributed by atoms with Gasteiger partial charge in [0.2, 0.25) is 16.9 Å². The van der Waals surface area contributed by atoms with E-state index in [1.165, 1.54) is 11.3 Å². The fourth-order valence-electron chi connectivity index (χ4n) is 3.22. The van der Waals surface area contributed by atoms with Crippen LogP contribution in [0.4, 0.5) is 5.13 Å². The lowest BCUT2D eigenvalue weighted by Gasteiger charge is -2.26. The molecular formula is C16H22N6O2S. The molecule has 2 aromatic rings. The second-order valence-electron chi connectivity index (χ2n) is 5.85. The van der Waals surface area contributed by atoms with Crippen LogP contribution in [0.25, 0.3) is 0 Å². The van der Waals surface area contributed by atoms with E-state index in [2.05, 4.69) is 20.5 Å². The average molecular weight is 362 g/mol. The van der Waals surface area contributed by atoms with Crippen molar-refractivity contribution in [3.05, 3.63) is 23.2 Å². The van der Waals surface area contributed by atoms with Crippen LogP contribution in [0, 0.1) is 5.92 Å². The van der Waals surface area contributed by atoms with Gasteiger partial charge in [-0.05, 0) is 20.3 Å². The van der Waals surface area contributed by atoms with Crippen molar-refractivity contribution in [3.63, 3.8) is 0 Å². The first-order chi connectivity index (χ1) is 12.1. The van der Waals surface area contributed by atoms with Gasteiger partial charge in [-0.2, -0.15) is 0 Å². The van der Waals surface area contributed by atoms with E-state index in [0.29, 0.717) is 11.7 Å². The summed E-state index contributed by atoms with van der Waals surface area (Å²) in [7, 11) is 0. The second-order valence-corrected chi connectivity index (χ2v) is 6.91. The van der Waals surface area contributed by atoms with Crippen molar-refractivity contribution in [2.24, 2.45) is 5.92 Å². The molecule has 2 aromatic heterocycles. The van der Waals surface area contributed by atoms with E-state index < -0.39 is 5.92 Å². The highest BCUT2D eigenvalue weighted by molar-refractivity contribution is 7.15. The molecule has 0 aliphatic carbocycles. The van der Waals surface area contributed by atoms with Crippen molar-refractivity contribution in [2.75, 3.05) is 11.9 Å². The lowest BCUT2D eigenvalue weighted by atomic mass is 9.98. The second kappa shape index (κ2) is 7.30. The van der Waals surface area contributed by atoms with Crippen LogP contribution in [0.2, 0.25) is 0 Å². The lowest BCUT2D eigenvalue weighted by Crippen LogP contribution is -2.34. The van der Waals surface area contributed by atoms with Gasteiger partial charge in [-0.15, -0.1) is 10.2 Å². The highest BCUT2D eigenvalue weighted by atomic mass is 32.1. The number of nitrogens with one attached hydrogen (secondary N) is 1. The maximum absolute atomic E-state index is 12.8. The van der Waals surface area contributed by atoms with Crippen LogP contribution in [-0.2, 0) is 22.6 Å². The normalized spacial score (nSPS) is 20.3. The van der Waals surface area contributed by atoms with E-state index in [1.807, 2.05) is 31.5 Å². The number of hydrogen-bond acceptors (Lipinski definition) is 6. The van der Waals surface area contributed by atoms with Gasteiger partial charge in [-0.1, -0.05) is 18.3 Å². The minimum absolute atomic E-state index is 0.0233. The number of nitrogens with zero attached hydrogens (tertiary/aromatic N) is 5. The first-order valence-corrected chi connectivity index (χ1v) is 9.34. The molecule has 0 aromatic carbocycles. The molecule has 3 heterocycles. The van der Waals surface area contributed by atoms with Gasteiger partial charge in [0.05, 0.1) is 5.92 Å². The number of likely N-dealkylation sites (tertiary alicyclic amines) is 1. The third-order valence-electron chi connectivity index (χ3n) is 4.46. The maximum Gasteiger partial charge on any atom is 0.232 e. The highest BCUT2D eigenvalue weighted by Gasteiger charge is 2.45. The Morgan fingerprint density at radius 3 is 2.76 bits per heavy atom. The maximum atomic E-state index is 12.8. The predicted octanol–water partition coefficient (Wildman–Crippen LogP) is 1.87. The van der Waals surface area contributed by atoms with E-state index in [9.17, 15) is 9.59 Å². The zero-order valence-electron chi connectivity index (χ0n) is 14.6. The largest absolute Gasteiger partial charge is 0.333 e. The molecule has 0 unspecified atom stereocenters. The summed E-state index contributed by atoms with van der Waals surface area (Å²) in [5, 5.41) is 12.2. The van der Waals surface area contributed by atoms with Crippen LogP contribution in [0.15, 0.2) is 12.4 Å². The number of aromatic nitrogens is 4. The molecule has 3 rings (SSSR count). The number of aryl methyl sites for hydroxylation is 2. The van der Waals surface area contributed by atoms with Crippen molar-refractivity contribution in [1.82, 2.24) is 24.6 Å². The third-order valence-corrected chi connectivity index (χ3v) is 5.44. The molecule has 0 saturated carbocycles. The van der Waals surface area contributed by atoms with Gasteiger partial charge in [-0.25, -0.2) is 4.98 Å². The van der Waals surface area contributed by atoms with Crippen LogP contribution in [-0.4, -0.2) is 43.0 Å². The quantitative estimate of drug-likeness (QED) is 0.847. The Balaban J connectivity index is 1.87. The van der Waals surface area contributed by atoms with E-state index in [-0.39, 0.29) is 24.3 Å². The van der Waals surface area contributed by atoms with Crippen LogP contribution in [0.1, 0.15) is 44.1 Å². The molecule has 134 valence electrons. The molecule has 8 nitrogen and oxygen atoms in total. The topological polar surface area (TPSA) is 93.0 Å². The summed E-state index contributed by atoms with van der Waals surface area (Å²) in [6.07, 6.45) is 4.54. The molecule has 2 atom stereocenters. The summed E-state index contributed by atoms with van der Waals surface area (Å²) < 4.78 is 1.98. The molecule has 1 saturated heterocycles. The summed E-state index contributed by atoms with van der Waals surface area (Å²) in [5.41, 5.74) is 0. The molecule has 1 fully saturated rings. The Morgan fingerprint density at radius 1 is 1.32 bits per heavy atom. The van der Waals surface area contributed by atoms with Gasteiger partial charge < -0.3 is 14.8 Å². The van der Waals surface area contributed by atoms with Crippen LogP contribution in [0.3, 0.4) is 0 Å². The Kier molecular flexibility index (Phi) is 5.12. The molecular weight excluding hydrogens is 340 g/mol. The lowest BCUT2D eigenvalue weighted by molar-refractivity contribution is -0.129. The molecule has 1 aliphatic rings. The minimum Gasteiger partial charge on any atom is -0.333 e. The van der Waals surface area contributed by atoms with Crippen LogP contribution in [0.5, 0.6) is 0 Å². The number of imidazole rings is 1. The molecule has 0 bridgehead atoms. The first kappa shape index (κ1) is 17.5. The Labute approximate surface area is 150 Å². The number of amides is 2. The standard InChI is InChI=1S/C16H22N6O2S/c1-4-11-19-20-16(25-11)18-15(24)10-9-12(23)22(6-3)13(10)14-17-7-8-21(14)5-2/h7-8,10,13H,4-6,9H2,1-3H3,(H,18,20,24)/t10-,13-/m0/s1. The van der Waals surface area contributed by atoms with Gasteiger partial charge in [-0.3, -0.25) is 9.59 Å². The number of carbonyl (C=O) groups excluding carboxylic acids is 2. The molecule has 0 spiro atoms. The van der Waals surface area contributed by atoms with Gasteiger partial charge in [0, 0.05) is 31.9 Å². The fraction of sp³-hybridized carbons (Fsp3) is 0.562. The average Bonchev–Trinajstić information content (AvgIpc) is 3.31. The number of rotatable bonds is 6. The zero-order valence-corrected chi connectivity index (χ0v) is 15.4. The summed E-state index contributed by atoms with van der Waals surface area (Å²) in [4.78, 5) is 31.4. The van der Waals surface area contributed by atoms with E-state index >= 15 is 0 Å². The van der Waals surface area contributed by atoms with Crippen molar-refractivity contribution >= 4 is 28.3 Å². The number of anilines is 1. The van der Waals surface area contributed by atoms with Gasteiger partial charge in [0.25, 0.3) is 0 Å². The fourth-order valence-corrected chi connectivity index (χ4v) is 3.90. The summed E-state index contributed by atoms with van der Waals surface area (Å²) in [5.74, 6) is 0.0274. The zero-order chi connectivity index (χ0) is 18.0. The smallest absolute Gasteiger partial charge is 0.232 e. The third kappa shape index (κ3) is 3.28. The van der Waals surface area contributed by atoms with Crippen molar-refractivity contribution in [2.45, 2.75) is 46.2 Å². The van der Waals surface area contributed by atoms with Crippen molar-refractivity contribution in [3.8, 4) is 0 Å². The first-order valence-electron chi connectivity index (χ1n) is 8.52. The SMILES string of the molecule is CCc1nnc(NC(=O)[C@H]2CC(=O)N(CC)[C@@H]2c2nccn2CC)s1. The van der Waals surface area contributed by atoms with Gasteiger partial charge >= 0.3 is 0 Å². The van der Waals surface area contributed by atoms with Gasteiger partial charge in [0.15, 0.2) is 0 Å². The minimum atomic E-state index is -0.492. The van der Waals surface area contributed by atoms with Crippen molar-refractivity contribution < 1.29 is 9.59 Å². The van der Waals surface area contributed by atoms with E-state index in [1.54, 1.807) is 11.1 Å². The van der Waals surface area contributed by atoms with Crippen LogP contribution < -0.4 is 5.32 Å². The molecule has 1 N–H and O–H groups in total.